The molecule has 1 saturated carbocycles. The molecule has 2 rings (SSSR count). The fraction of sp³-hybridized carbons (Fsp3) is 0.500. The Kier molecular flexibility index (Phi) is 5.31. The monoisotopic (exact) mass is 344 g/mol. The van der Waals surface area contributed by atoms with E-state index in [9.17, 15) is 13.8 Å². The van der Waals surface area contributed by atoms with Gasteiger partial charge in [-0.1, -0.05) is 18.2 Å². The number of benzene rings is 1. The summed E-state index contributed by atoms with van der Waals surface area (Å²) < 4.78 is 36.2. The molecule has 23 heavy (non-hydrogen) atoms. The van der Waals surface area contributed by atoms with Gasteiger partial charge in [0.15, 0.2) is 6.10 Å². The van der Waals surface area contributed by atoms with Crippen LogP contribution in [0.3, 0.4) is 0 Å². The van der Waals surface area contributed by atoms with Gasteiger partial charge in [0, 0.05) is 0 Å². The van der Waals surface area contributed by atoms with E-state index < -0.39 is 43.6 Å². The van der Waals surface area contributed by atoms with E-state index in [0.29, 0.717) is 0 Å². The molecule has 0 saturated heterocycles. The van der Waals surface area contributed by atoms with Crippen LogP contribution in [0.2, 0.25) is 5.82 Å². The van der Waals surface area contributed by atoms with Gasteiger partial charge in [0.25, 0.3) is 0 Å². The highest BCUT2D eigenvalue weighted by atomic mass is 31.2. The van der Waals surface area contributed by atoms with Crippen LogP contribution in [0.1, 0.15) is 23.7 Å². The molecular formula is C14H19BFO6P. The molecule has 4 unspecified atom stereocenters. The zero-order chi connectivity index (χ0) is 17.3. The summed E-state index contributed by atoms with van der Waals surface area (Å²) in [6.45, 7) is 1.31. The van der Waals surface area contributed by atoms with Crippen molar-refractivity contribution in [1.82, 2.24) is 0 Å². The molecule has 0 aromatic heterocycles. The molecule has 9 heteroatoms. The number of carbonyl (C=O) groups excluding carboxylic acids is 1. The molecule has 1 fully saturated rings. The minimum atomic E-state index is -4.38. The molecule has 2 N–H and O–H groups in total. The maximum absolute atomic E-state index is 14.9. The van der Waals surface area contributed by atoms with Crippen LogP contribution in [0.15, 0.2) is 30.3 Å². The second-order valence-corrected chi connectivity index (χ2v) is 7.57. The van der Waals surface area contributed by atoms with Crippen LogP contribution < -0.4 is 0 Å². The third-order valence-electron chi connectivity index (χ3n) is 4.14. The van der Waals surface area contributed by atoms with Crippen molar-refractivity contribution in [3.8, 4) is 0 Å². The summed E-state index contributed by atoms with van der Waals surface area (Å²) in [6, 6.07) is 8.14. The first-order valence-corrected chi connectivity index (χ1v) is 9.02. The van der Waals surface area contributed by atoms with E-state index in [1.807, 2.05) is 0 Å². The van der Waals surface area contributed by atoms with Gasteiger partial charge in [-0.3, -0.25) is 4.57 Å². The van der Waals surface area contributed by atoms with Crippen molar-refractivity contribution in [2.75, 3.05) is 6.35 Å². The second kappa shape index (κ2) is 6.73. The van der Waals surface area contributed by atoms with Gasteiger partial charge in [-0.05, 0) is 31.3 Å². The Bertz CT molecular complexity index is 605. The highest BCUT2D eigenvalue weighted by molar-refractivity contribution is 7.51. The number of ether oxygens (including phenoxy) is 2. The normalized spacial score (nSPS) is 31.0. The van der Waals surface area contributed by atoms with Gasteiger partial charge in [0.05, 0.1) is 11.7 Å². The second-order valence-electron chi connectivity index (χ2n) is 5.98. The van der Waals surface area contributed by atoms with E-state index in [0.717, 1.165) is 0 Å². The van der Waals surface area contributed by atoms with Crippen LogP contribution in [0.4, 0.5) is 4.39 Å². The maximum atomic E-state index is 14.9. The Hall–Kier alpha value is -1.21. The van der Waals surface area contributed by atoms with Crippen molar-refractivity contribution in [2.45, 2.75) is 37.0 Å². The first-order chi connectivity index (χ1) is 10.6. The summed E-state index contributed by atoms with van der Waals surface area (Å²) >= 11 is 0. The molecule has 1 aliphatic rings. The number of alkyl halides is 1. The van der Waals surface area contributed by atoms with Gasteiger partial charge in [-0.15, -0.1) is 0 Å². The zero-order valence-electron chi connectivity index (χ0n) is 12.9. The summed E-state index contributed by atoms with van der Waals surface area (Å²) in [7, 11) is -2.74. The van der Waals surface area contributed by atoms with Crippen LogP contribution >= 0.6 is 7.60 Å². The molecule has 1 aromatic rings. The Morgan fingerprint density at radius 1 is 1.43 bits per heavy atom. The lowest BCUT2D eigenvalue weighted by molar-refractivity contribution is -0.0704. The Balaban J connectivity index is 2.13. The Morgan fingerprint density at radius 3 is 2.61 bits per heavy atom. The quantitative estimate of drug-likeness (QED) is 0.475. The predicted molar refractivity (Wildman–Crippen MR) is 83.9 cm³/mol. The van der Waals surface area contributed by atoms with Gasteiger partial charge in [0.2, 0.25) is 0 Å². The molecule has 6 nitrogen and oxygen atoms in total. The van der Waals surface area contributed by atoms with Crippen molar-refractivity contribution in [2.24, 2.45) is 0 Å². The average Bonchev–Trinajstić information content (AvgIpc) is 2.68. The highest BCUT2D eigenvalue weighted by Crippen LogP contribution is 2.46. The molecule has 0 spiro atoms. The summed E-state index contributed by atoms with van der Waals surface area (Å²) in [5.41, 5.74) is -1.57. The highest BCUT2D eigenvalue weighted by Gasteiger charge is 2.54. The van der Waals surface area contributed by atoms with E-state index in [-0.39, 0.29) is 12.0 Å². The number of carbonyl (C=O) groups is 1. The van der Waals surface area contributed by atoms with Crippen molar-refractivity contribution >= 4 is 21.4 Å². The van der Waals surface area contributed by atoms with Crippen molar-refractivity contribution in [3.63, 3.8) is 0 Å². The van der Waals surface area contributed by atoms with Crippen LogP contribution in [0, 0.1) is 0 Å². The van der Waals surface area contributed by atoms with E-state index in [4.69, 9.17) is 19.3 Å². The zero-order valence-corrected chi connectivity index (χ0v) is 13.8. The number of hydrogen-bond acceptors (Lipinski definition) is 4. The van der Waals surface area contributed by atoms with Crippen molar-refractivity contribution in [1.29, 1.82) is 0 Å². The molecule has 4 atom stereocenters. The lowest BCUT2D eigenvalue weighted by Crippen LogP contribution is -2.42. The summed E-state index contributed by atoms with van der Waals surface area (Å²) in [6.07, 6.45) is -2.75. The minimum absolute atomic E-state index is 0.208. The van der Waals surface area contributed by atoms with Gasteiger partial charge in [-0.25, -0.2) is 9.18 Å². The number of hydrogen-bond donors (Lipinski definition) is 2. The number of esters is 1. The third kappa shape index (κ3) is 4.41. The van der Waals surface area contributed by atoms with E-state index in [2.05, 4.69) is 0 Å². The first-order valence-electron chi connectivity index (χ1n) is 7.22. The SMILES string of the molecule is BC1CC(OCP(=O)(O)O)C(OC(=O)c2ccccc2)C1(C)F. The molecule has 0 aliphatic heterocycles. The van der Waals surface area contributed by atoms with Gasteiger partial charge in [-0.2, -0.15) is 0 Å². The van der Waals surface area contributed by atoms with Crippen LogP contribution in [-0.4, -0.2) is 47.8 Å². The van der Waals surface area contributed by atoms with E-state index >= 15 is 0 Å². The van der Waals surface area contributed by atoms with E-state index in [1.165, 1.54) is 6.92 Å². The minimum Gasteiger partial charge on any atom is -0.453 e. The predicted octanol–water partition coefficient (Wildman–Crippen LogP) is 1.29. The molecular weight excluding hydrogens is 325 g/mol. The average molecular weight is 344 g/mol. The Labute approximate surface area is 134 Å². The largest absolute Gasteiger partial charge is 0.453 e. The molecule has 0 amide bonds. The maximum Gasteiger partial charge on any atom is 0.350 e. The molecule has 126 valence electrons. The first kappa shape index (κ1) is 18.1. The van der Waals surface area contributed by atoms with Gasteiger partial charge >= 0.3 is 13.6 Å². The summed E-state index contributed by atoms with van der Waals surface area (Å²) in [5, 5.41) is 0. The molecule has 1 aromatic carbocycles. The smallest absolute Gasteiger partial charge is 0.350 e. The lowest BCUT2D eigenvalue weighted by Gasteiger charge is -2.29. The fourth-order valence-electron chi connectivity index (χ4n) is 2.64. The standard InChI is InChI=1S/C14H19BFO6P/c1-14(16)11(15)7-10(21-8-23(18,19)20)12(14)22-13(17)9-5-3-2-4-6-9/h2-6,10-12H,7-8,15H2,1H3,(H2,18,19,20). The van der Waals surface area contributed by atoms with Crippen LogP contribution in [-0.2, 0) is 14.0 Å². The molecule has 0 heterocycles. The van der Waals surface area contributed by atoms with Crippen LogP contribution in [0.25, 0.3) is 0 Å². The molecule has 0 bridgehead atoms. The number of rotatable bonds is 5. The van der Waals surface area contributed by atoms with Gasteiger partial charge < -0.3 is 19.3 Å². The molecule has 1 aliphatic carbocycles. The number of halogens is 1. The third-order valence-corrected chi connectivity index (χ3v) is 4.63. The van der Waals surface area contributed by atoms with Gasteiger partial charge in [0.1, 0.15) is 19.9 Å². The Morgan fingerprint density at radius 2 is 2.04 bits per heavy atom. The van der Waals surface area contributed by atoms with Crippen LogP contribution in [0.5, 0.6) is 0 Å². The summed E-state index contributed by atoms with van der Waals surface area (Å²) in [4.78, 5) is 30.0. The van der Waals surface area contributed by atoms with Crippen molar-refractivity contribution in [3.05, 3.63) is 35.9 Å². The fourth-order valence-corrected chi connectivity index (χ4v) is 3.03. The molecule has 0 radical (unpaired) electrons. The van der Waals surface area contributed by atoms with Crippen molar-refractivity contribution < 1.29 is 33.0 Å². The lowest BCUT2D eigenvalue weighted by atomic mass is 9.77. The topological polar surface area (TPSA) is 93.1 Å². The van der Waals surface area contributed by atoms with E-state index in [1.54, 1.807) is 38.2 Å². The summed E-state index contributed by atoms with van der Waals surface area (Å²) in [5.74, 6) is -1.17.